The molecular formula is C10H8F3N3OS. The van der Waals surface area contributed by atoms with Gasteiger partial charge in [0.2, 0.25) is 5.82 Å². The lowest BCUT2D eigenvalue weighted by atomic mass is 10.5. The summed E-state index contributed by atoms with van der Waals surface area (Å²) in [5.74, 6) is -0.863. The predicted octanol–water partition coefficient (Wildman–Crippen LogP) is 3.13. The molecule has 96 valence electrons. The van der Waals surface area contributed by atoms with Gasteiger partial charge >= 0.3 is 6.18 Å². The van der Waals surface area contributed by atoms with Crippen LogP contribution in [0.5, 0.6) is 0 Å². The number of alkyl halides is 3. The number of anilines is 1. The Morgan fingerprint density at radius 1 is 1.33 bits per heavy atom. The van der Waals surface area contributed by atoms with Gasteiger partial charge in [0, 0.05) is 6.07 Å². The van der Waals surface area contributed by atoms with Crippen LogP contribution in [0.25, 0.3) is 0 Å². The molecule has 2 aromatic heterocycles. The van der Waals surface area contributed by atoms with Gasteiger partial charge in [0.05, 0.1) is 11.2 Å². The Morgan fingerprint density at radius 2 is 2.06 bits per heavy atom. The molecule has 2 aromatic rings. The predicted molar refractivity (Wildman–Crippen MR) is 59.0 cm³/mol. The zero-order chi connectivity index (χ0) is 13.3. The molecule has 18 heavy (non-hydrogen) atoms. The fourth-order valence-corrected chi connectivity index (χ4v) is 2.07. The highest BCUT2D eigenvalue weighted by Crippen LogP contribution is 2.33. The Hall–Kier alpha value is -1.70. The highest BCUT2D eigenvalue weighted by atomic mass is 32.2. The van der Waals surface area contributed by atoms with Crippen LogP contribution in [0.1, 0.15) is 11.6 Å². The fourth-order valence-electron chi connectivity index (χ4n) is 1.21. The topological polar surface area (TPSA) is 64.9 Å². The zero-order valence-corrected chi connectivity index (χ0v) is 9.97. The number of nitrogens with zero attached hydrogens (tertiary/aromatic N) is 2. The normalized spacial score (nSPS) is 11.8. The molecule has 0 aliphatic carbocycles. The molecule has 0 aromatic carbocycles. The van der Waals surface area contributed by atoms with Crippen molar-refractivity contribution in [3.63, 3.8) is 0 Å². The van der Waals surface area contributed by atoms with Gasteiger partial charge in [-0.2, -0.15) is 13.2 Å². The second kappa shape index (κ2) is 4.52. The number of hydrogen-bond acceptors (Lipinski definition) is 5. The molecule has 2 rings (SSSR count). The van der Waals surface area contributed by atoms with E-state index in [0.29, 0.717) is 10.7 Å². The molecule has 0 amide bonds. The SMILES string of the molecule is Cc1occc1Sc1cc(N)nc(C(F)(F)F)n1. The third-order valence-electron chi connectivity index (χ3n) is 2.00. The van der Waals surface area contributed by atoms with Crippen LogP contribution < -0.4 is 5.73 Å². The van der Waals surface area contributed by atoms with Crippen molar-refractivity contribution >= 4 is 17.6 Å². The summed E-state index contributed by atoms with van der Waals surface area (Å²) >= 11 is 1.04. The van der Waals surface area contributed by atoms with Crippen molar-refractivity contribution in [3.8, 4) is 0 Å². The van der Waals surface area contributed by atoms with Crippen LogP contribution in [0.15, 0.2) is 32.7 Å². The highest BCUT2D eigenvalue weighted by molar-refractivity contribution is 7.99. The first-order valence-electron chi connectivity index (χ1n) is 4.80. The van der Waals surface area contributed by atoms with E-state index >= 15 is 0 Å². The quantitative estimate of drug-likeness (QED) is 0.853. The Morgan fingerprint density at radius 3 is 2.61 bits per heavy atom. The molecule has 0 saturated heterocycles. The summed E-state index contributed by atoms with van der Waals surface area (Å²) < 4.78 is 42.5. The van der Waals surface area contributed by atoms with Gasteiger partial charge in [-0.3, -0.25) is 0 Å². The molecule has 0 unspecified atom stereocenters. The number of nitrogens with two attached hydrogens (primary N) is 1. The Kier molecular flexibility index (Phi) is 3.20. The van der Waals surface area contributed by atoms with Crippen molar-refractivity contribution in [2.45, 2.75) is 23.0 Å². The Bertz CT molecular complexity index is 568. The summed E-state index contributed by atoms with van der Waals surface area (Å²) in [5.41, 5.74) is 5.34. The summed E-state index contributed by atoms with van der Waals surface area (Å²) in [6, 6.07) is 2.93. The molecule has 4 nitrogen and oxygen atoms in total. The minimum Gasteiger partial charge on any atom is -0.468 e. The first-order valence-corrected chi connectivity index (χ1v) is 5.61. The van der Waals surface area contributed by atoms with Gasteiger partial charge in [-0.15, -0.1) is 0 Å². The summed E-state index contributed by atoms with van der Waals surface area (Å²) in [7, 11) is 0. The number of aryl methyl sites for hydroxylation is 1. The van der Waals surface area contributed by atoms with Crippen LogP contribution in [0.4, 0.5) is 19.0 Å². The van der Waals surface area contributed by atoms with Gasteiger partial charge in [-0.05, 0) is 13.0 Å². The van der Waals surface area contributed by atoms with E-state index in [4.69, 9.17) is 10.2 Å². The van der Waals surface area contributed by atoms with Gasteiger partial charge in [-0.25, -0.2) is 9.97 Å². The van der Waals surface area contributed by atoms with Crippen LogP contribution >= 0.6 is 11.8 Å². The average Bonchev–Trinajstić information content (AvgIpc) is 2.62. The summed E-state index contributed by atoms with van der Waals surface area (Å²) in [4.78, 5) is 7.27. The summed E-state index contributed by atoms with van der Waals surface area (Å²) in [5, 5.41) is 0.124. The van der Waals surface area contributed by atoms with E-state index in [1.165, 1.54) is 12.3 Å². The summed E-state index contributed by atoms with van der Waals surface area (Å²) in [6.45, 7) is 1.71. The molecule has 0 aliphatic heterocycles. The van der Waals surface area contributed by atoms with Crippen molar-refractivity contribution in [1.29, 1.82) is 0 Å². The van der Waals surface area contributed by atoms with Gasteiger partial charge in [-0.1, -0.05) is 11.8 Å². The standard InChI is InChI=1S/C10H8F3N3OS/c1-5-6(2-3-17-5)18-8-4-7(14)15-9(16-8)10(11,12)13/h2-4H,1H3,(H2,14,15,16). The van der Waals surface area contributed by atoms with Crippen LogP contribution in [-0.2, 0) is 6.18 Å². The fraction of sp³-hybridized carbons (Fsp3) is 0.200. The minimum atomic E-state index is -4.61. The lowest BCUT2D eigenvalue weighted by molar-refractivity contribution is -0.145. The smallest absolute Gasteiger partial charge is 0.451 e. The van der Waals surface area contributed by atoms with E-state index in [9.17, 15) is 13.2 Å². The monoisotopic (exact) mass is 275 g/mol. The second-order valence-electron chi connectivity index (χ2n) is 3.40. The maximum absolute atomic E-state index is 12.5. The van der Waals surface area contributed by atoms with Crippen molar-refractivity contribution < 1.29 is 17.6 Å². The van der Waals surface area contributed by atoms with Crippen LogP contribution in [0.3, 0.4) is 0 Å². The maximum atomic E-state index is 12.5. The second-order valence-corrected chi connectivity index (χ2v) is 4.46. The number of rotatable bonds is 2. The van der Waals surface area contributed by atoms with Crippen molar-refractivity contribution in [2.24, 2.45) is 0 Å². The first kappa shape index (κ1) is 12.7. The lowest BCUT2D eigenvalue weighted by Crippen LogP contribution is -2.12. The molecule has 0 radical (unpaired) electrons. The molecule has 2 N–H and O–H groups in total. The molecule has 0 atom stereocenters. The van der Waals surface area contributed by atoms with Crippen molar-refractivity contribution in [1.82, 2.24) is 9.97 Å². The van der Waals surface area contributed by atoms with Crippen LogP contribution in [0, 0.1) is 6.92 Å². The van der Waals surface area contributed by atoms with Gasteiger partial charge in [0.25, 0.3) is 0 Å². The number of aromatic nitrogens is 2. The highest BCUT2D eigenvalue weighted by Gasteiger charge is 2.35. The van der Waals surface area contributed by atoms with E-state index in [1.54, 1.807) is 13.0 Å². The van der Waals surface area contributed by atoms with E-state index in [0.717, 1.165) is 11.8 Å². The van der Waals surface area contributed by atoms with Crippen molar-refractivity contribution in [3.05, 3.63) is 30.0 Å². The number of hydrogen-bond donors (Lipinski definition) is 1. The van der Waals surface area contributed by atoms with E-state index in [2.05, 4.69) is 9.97 Å². The molecule has 2 heterocycles. The summed E-state index contributed by atoms with van der Waals surface area (Å²) in [6.07, 6.45) is -3.16. The molecule has 0 spiro atoms. The van der Waals surface area contributed by atoms with E-state index in [-0.39, 0.29) is 10.8 Å². The molecule has 0 aliphatic rings. The largest absolute Gasteiger partial charge is 0.468 e. The van der Waals surface area contributed by atoms with E-state index < -0.39 is 12.0 Å². The third kappa shape index (κ3) is 2.76. The average molecular weight is 275 g/mol. The van der Waals surface area contributed by atoms with Gasteiger partial charge in [0.1, 0.15) is 16.6 Å². The number of halogens is 3. The van der Waals surface area contributed by atoms with E-state index in [1.807, 2.05) is 0 Å². The number of nitrogen functional groups attached to an aromatic ring is 1. The molecule has 0 fully saturated rings. The first-order chi connectivity index (χ1) is 8.36. The van der Waals surface area contributed by atoms with Gasteiger partial charge < -0.3 is 10.2 Å². The van der Waals surface area contributed by atoms with Gasteiger partial charge in [0.15, 0.2) is 0 Å². The Labute approximate surface area is 104 Å². The molecule has 8 heteroatoms. The minimum absolute atomic E-state index is 0.124. The van der Waals surface area contributed by atoms with Crippen LogP contribution in [0.2, 0.25) is 0 Å². The number of furan rings is 1. The lowest BCUT2D eigenvalue weighted by Gasteiger charge is -2.07. The maximum Gasteiger partial charge on any atom is 0.451 e. The Balaban J connectivity index is 2.35. The van der Waals surface area contributed by atoms with Crippen LogP contribution in [-0.4, -0.2) is 9.97 Å². The molecular weight excluding hydrogens is 267 g/mol. The molecule has 0 saturated carbocycles. The van der Waals surface area contributed by atoms with Crippen molar-refractivity contribution in [2.75, 3.05) is 5.73 Å². The zero-order valence-electron chi connectivity index (χ0n) is 9.15. The molecule has 0 bridgehead atoms. The third-order valence-corrected chi connectivity index (χ3v) is 3.06.